The molecule has 2 saturated heterocycles. The topological polar surface area (TPSA) is 116 Å². The molecule has 3 aromatic heterocycles. The molecule has 0 spiro atoms. The second-order valence-corrected chi connectivity index (χ2v) is 8.81. The van der Waals surface area contributed by atoms with Crippen molar-refractivity contribution in [1.82, 2.24) is 24.8 Å². The average Bonchev–Trinajstić information content (AvgIpc) is 3.16. The van der Waals surface area contributed by atoms with Gasteiger partial charge in [-0.2, -0.15) is 4.98 Å². The SMILES string of the molecule is Cc1nc(N2CCC2)ccc1NC(=O)N1CCN(c2nc(N)nc3scnc23)[C@@H](C)C1. The monoisotopic (exact) mass is 439 g/mol. The molecule has 2 aliphatic heterocycles. The summed E-state index contributed by atoms with van der Waals surface area (Å²) in [5.41, 5.74) is 9.98. The molecule has 2 fully saturated rings. The van der Waals surface area contributed by atoms with E-state index in [0.29, 0.717) is 19.6 Å². The standard InChI is InChI=1S/C20H25N9OS/c1-12-10-28(8-9-29(12)17-16-18(31-11-22-16)26-19(21)25-17)20(30)24-14-4-5-15(23-13(14)2)27-6-3-7-27/h4-5,11-12H,3,6-10H2,1-2H3,(H,24,30)(H2,21,25,26)/t12-/m0/s1. The highest BCUT2D eigenvalue weighted by molar-refractivity contribution is 7.16. The Hall–Kier alpha value is -3.21. The molecule has 31 heavy (non-hydrogen) atoms. The number of aryl methyl sites for hydroxylation is 1. The number of hydrogen-bond acceptors (Lipinski definition) is 9. The maximum Gasteiger partial charge on any atom is 0.322 e. The summed E-state index contributed by atoms with van der Waals surface area (Å²) in [5, 5.41) is 3.02. The number of anilines is 4. The van der Waals surface area contributed by atoms with Crippen LogP contribution in [0.1, 0.15) is 19.0 Å². The van der Waals surface area contributed by atoms with Gasteiger partial charge in [0.2, 0.25) is 5.95 Å². The summed E-state index contributed by atoms with van der Waals surface area (Å²) in [6.07, 6.45) is 1.21. The van der Waals surface area contributed by atoms with Gasteiger partial charge in [0.15, 0.2) is 10.6 Å². The van der Waals surface area contributed by atoms with Gasteiger partial charge >= 0.3 is 6.03 Å². The van der Waals surface area contributed by atoms with Gasteiger partial charge < -0.3 is 25.8 Å². The molecule has 2 aliphatic rings. The lowest BCUT2D eigenvalue weighted by molar-refractivity contribution is 0.200. The fourth-order valence-electron chi connectivity index (χ4n) is 4.02. The fraction of sp³-hybridized carbons (Fsp3) is 0.450. The van der Waals surface area contributed by atoms with Crippen LogP contribution in [-0.2, 0) is 0 Å². The number of urea groups is 1. The molecule has 5 heterocycles. The molecule has 11 heteroatoms. The molecular formula is C20H25N9OS. The first-order valence-corrected chi connectivity index (χ1v) is 11.3. The minimum absolute atomic E-state index is 0.0618. The Labute approximate surface area is 184 Å². The normalized spacial score (nSPS) is 18.9. The molecule has 5 rings (SSSR count). The molecule has 2 amide bonds. The lowest BCUT2D eigenvalue weighted by Gasteiger charge is -2.40. The Kier molecular flexibility index (Phi) is 4.97. The van der Waals surface area contributed by atoms with Gasteiger partial charge in [-0.1, -0.05) is 0 Å². The molecule has 0 aromatic carbocycles. The van der Waals surface area contributed by atoms with Gasteiger partial charge in [0.05, 0.1) is 16.9 Å². The molecule has 1 atom stereocenters. The van der Waals surface area contributed by atoms with Crippen LogP contribution in [0.5, 0.6) is 0 Å². The number of nitrogen functional groups attached to an aromatic ring is 1. The fourth-order valence-corrected chi connectivity index (χ4v) is 4.68. The zero-order valence-electron chi connectivity index (χ0n) is 17.6. The number of aromatic nitrogens is 4. The molecule has 0 saturated carbocycles. The van der Waals surface area contributed by atoms with E-state index < -0.39 is 0 Å². The molecule has 0 aliphatic carbocycles. The van der Waals surface area contributed by atoms with Crippen molar-refractivity contribution in [3.8, 4) is 0 Å². The Balaban J connectivity index is 1.27. The highest BCUT2D eigenvalue weighted by atomic mass is 32.1. The molecule has 0 bridgehead atoms. The van der Waals surface area contributed by atoms with Gasteiger partial charge in [0.25, 0.3) is 0 Å². The predicted molar refractivity (Wildman–Crippen MR) is 123 cm³/mol. The third kappa shape index (κ3) is 3.69. The summed E-state index contributed by atoms with van der Waals surface area (Å²) in [4.78, 5) is 37.7. The highest BCUT2D eigenvalue weighted by Gasteiger charge is 2.30. The average molecular weight is 440 g/mol. The summed E-state index contributed by atoms with van der Waals surface area (Å²) >= 11 is 1.44. The predicted octanol–water partition coefficient (Wildman–Crippen LogP) is 2.32. The summed E-state index contributed by atoms with van der Waals surface area (Å²) in [5.74, 6) is 1.95. The molecule has 0 unspecified atom stereocenters. The molecule has 162 valence electrons. The van der Waals surface area contributed by atoms with E-state index >= 15 is 0 Å². The van der Waals surface area contributed by atoms with Crippen molar-refractivity contribution in [2.75, 3.05) is 53.6 Å². The number of piperazine rings is 1. The lowest BCUT2D eigenvalue weighted by atomic mass is 10.2. The van der Waals surface area contributed by atoms with Gasteiger partial charge in [-0.05, 0) is 32.4 Å². The highest BCUT2D eigenvalue weighted by Crippen LogP contribution is 2.29. The smallest absolute Gasteiger partial charge is 0.322 e. The van der Waals surface area contributed by atoms with Crippen LogP contribution in [-0.4, -0.2) is 69.6 Å². The van der Waals surface area contributed by atoms with Crippen molar-refractivity contribution in [1.29, 1.82) is 0 Å². The van der Waals surface area contributed by atoms with Crippen molar-refractivity contribution in [2.45, 2.75) is 26.3 Å². The number of fused-ring (bicyclic) bond motifs is 1. The van der Waals surface area contributed by atoms with Gasteiger partial charge in [-0.25, -0.2) is 19.7 Å². The minimum atomic E-state index is -0.117. The number of thiazole rings is 1. The van der Waals surface area contributed by atoms with E-state index in [0.717, 1.165) is 46.5 Å². The van der Waals surface area contributed by atoms with Crippen LogP contribution in [0.3, 0.4) is 0 Å². The number of carbonyl (C=O) groups is 1. The largest absolute Gasteiger partial charge is 0.368 e. The first kappa shape index (κ1) is 19.7. The van der Waals surface area contributed by atoms with Crippen molar-refractivity contribution in [2.24, 2.45) is 0 Å². The van der Waals surface area contributed by atoms with Crippen LogP contribution in [0.25, 0.3) is 10.3 Å². The Bertz CT molecular complexity index is 1130. The van der Waals surface area contributed by atoms with Crippen LogP contribution >= 0.6 is 11.3 Å². The second-order valence-electron chi connectivity index (χ2n) is 7.97. The van der Waals surface area contributed by atoms with Crippen molar-refractivity contribution in [3.05, 3.63) is 23.3 Å². The zero-order chi connectivity index (χ0) is 21.5. The summed E-state index contributed by atoms with van der Waals surface area (Å²) < 4.78 is 0. The quantitative estimate of drug-likeness (QED) is 0.639. The van der Waals surface area contributed by atoms with Gasteiger partial charge in [-0.15, -0.1) is 11.3 Å². The number of pyridine rings is 1. The van der Waals surface area contributed by atoms with E-state index in [2.05, 4.69) is 42.0 Å². The van der Waals surface area contributed by atoms with Crippen molar-refractivity contribution >= 4 is 51.0 Å². The van der Waals surface area contributed by atoms with Gasteiger partial charge in [-0.3, -0.25) is 0 Å². The molecular weight excluding hydrogens is 414 g/mol. The number of nitrogens with one attached hydrogen (secondary N) is 1. The van der Waals surface area contributed by atoms with Crippen molar-refractivity contribution in [3.63, 3.8) is 0 Å². The number of rotatable bonds is 3. The third-order valence-corrected chi connectivity index (χ3v) is 6.60. The molecule has 3 aromatic rings. The number of nitrogens with two attached hydrogens (primary N) is 1. The number of hydrogen-bond donors (Lipinski definition) is 2. The van der Waals surface area contributed by atoms with Crippen LogP contribution in [0.4, 0.5) is 28.1 Å². The maximum absolute atomic E-state index is 12.9. The minimum Gasteiger partial charge on any atom is -0.368 e. The van der Waals surface area contributed by atoms with Crippen LogP contribution in [0, 0.1) is 6.92 Å². The Morgan fingerprint density at radius 1 is 1.19 bits per heavy atom. The maximum atomic E-state index is 12.9. The first-order valence-electron chi connectivity index (χ1n) is 10.4. The van der Waals surface area contributed by atoms with Crippen LogP contribution < -0.4 is 20.9 Å². The Morgan fingerprint density at radius 3 is 2.74 bits per heavy atom. The van der Waals surface area contributed by atoms with E-state index in [-0.39, 0.29) is 18.0 Å². The lowest BCUT2D eigenvalue weighted by Crippen LogP contribution is -2.55. The van der Waals surface area contributed by atoms with Gasteiger partial charge in [0.1, 0.15) is 11.3 Å². The number of amides is 2. The number of carbonyl (C=O) groups excluding carboxylic acids is 1. The Morgan fingerprint density at radius 2 is 2.03 bits per heavy atom. The van der Waals surface area contributed by atoms with E-state index in [9.17, 15) is 4.79 Å². The second kappa shape index (κ2) is 7.80. The van der Waals surface area contributed by atoms with E-state index in [1.807, 2.05) is 24.0 Å². The zero-order valence-corrected chi connectivity index (χ0v) is 18.4. The van der Waals surface area contributed by atoms with E-state index in [1.54, 1.807) is 5.51 Å². The van der Waals surface area contributed by atoms with E-state index in [4.69, 9.17) is 5.73 Å². The first-order chi connectivity index (χ1) is 15.0. The van der Waals surface area contributed by atoms with Crippen LogP contribution in [0.2, 0.25) is 0 Å². The molecule has 10 nitrogen and oxygen atoms in total. The summed E-state index contributed by atoms with van der Waals surface area (Å²) in [6, 6.07) is 3.86. The van der Waals surface area contributed by atoms with E-state index in [1.165, 1.54) is 17.8 Å². The summed E-state index contributed by atoms with van der Waals surface area (Å²) in [6.45, 7) is 7.88. The summed E-state index contributed by atoms with van der Waals surface area (Å²) in [7, 11) is 0. The van der Waals surface area contributed by atoms with Gasteiger partial charge in [0, 0.05) is 38.8 Å². The van der Waals surface area contributed by atoms with Crippen LogP contribution in [0.15, 0.2) is 17.6 Å². The molecule has 0 radical (unpaired) electrons. The van der Waals surface area contributed by atoms with Crippen molar-refractivity contribution < 1.29 is 4.79 Å². The third-order valence-electron chi connectivity index (χ3n) is 5.88. The molecule has 3 N–H and O–H groups in total. The number of nitrogens with zero attached hydrogens (tertiary/aromatic N) is 7.